The lowest BCUT2D eigenvalue weighted by Gasteiger charge is -2.28. The predicted molar refractivity (Wildman–Crippen MR) is 356 cm³/mol. The van der Waals surface area contributed by atoms with Gasteiger partial charge in [0, 0.05) is 39.3 Å². The molecule has 0 rings (SSSR count). The number of nitrogens with zero attached hydrogens (tertiary/aromatic N) is 4. The maximum atomic E-state index is 12.9. The molecule has 12 nitrogen and oxygen atoms in total. The molecule has 0 aliphatic heterocycles. The van der Waals surface area contributed by atoms with Crippen LogP contribution < -0.4 is 0 Å². The first kappa shape index (κ1) is 81.7. The van der Waals surface area contributed by atoms with Crippen molar-refractivity contribution in [2.75, 3.05) is 105 Å². The van der Waals surface area contributed by atoms with E-state index in [0.717, 1.165) is 116 Å². The van der Waals surface area contributed by atoms with Gasteiger partial charge in [-0.25, -0.2) is 0 Å². The third-order valence-electron chi connectivity index (χ3n) is 16.9. The van der Waals surface area contributed by atoms with E-state index < -0.39 is 0 Å². The normalized spacial score (nSPS) is 11.7. The number of esters is 4. The van der Waals surface area contributed by atoms with E-state index >= 15 is 0 Å². The van der Waals surface area contributed by atoms with Gasteiger partial charge in [-0.2, -0.15) is 0 Å². The zero-order valence-corrected chi connectivity index (χ0v) is 56.9. The Morgan fingerprint density at radius 2 is 0.429 bits per heavy atom. The molecule has 0 heterocycles. The molecule has 0 aromatic rings. The van der Waals surface area contributed by atoms with E-state index in [-0.39, 0.29) is 23.9 Å². The Kier molecular flexibility index (Phi) is 64.9. The number of carbonyl (C=O) groups excluding carboxylic acids is 4. The van der Waals surface area contributed by atoms with Gasteiger partial charge in [0.15, 0.2) is 0 Å². The molecule has 0 bridgehead atoms. The highest BCUT2D eigenvalue weighted by Crippen LogP contribution is 2.15. The summed E-state index contributed by atoms with van der Waals surface area (Å²) in [4.78, 5) is 61.1. The van der Waals surface area contributed by atoms with Crippen LogP contribution in [-0.4, -0.2) is 149 Å². The standard InChI is InChI=1S/C72H142N4O8/c1-7-12-16-20-24-28-32-36-40-44-65-81-69(77)50-59-75(60-51-70(78)82-66-45-41-37-33-29-25-21-17-13-8-2)56-48-55-73(6)63-64-74(54-11-5)57-49-58-76(61-52-71(79)83-67-46-42-38-34-30-26-22-18-14-9-3)62-53-72(80)84-68-47-43-39-35-31-27-23-19-15-10-4/h7-68H2,1-6H3. The van der Waals surface area contributed by atoms with Gasteiger partial charge in [-0.15, -0.1) is 0 Å². The Morgan fingerprint density at radius 1 is 0.214 bits per heavy atom. The Morgan fingerprint density at radius 3 is 0.667 bits per heavy atom. The molecule has 0 spiro atoms. The predicted octanol–water partition coefficient (Wildman–Crippen LogP) is 18.4. The number of hydrogen-bond acceptors (Lipinski definition) is 12. The van der Waals surface area contributed by atoms with Crippen molar-refractivity contribution in [3.63, 3.8) is 0 Å². The maximum absolute atomic E-state index is 12.9. The van der Waals surface area contributed by atoms with E-state index in [1.807, 2.05) is 0 Å². The van der Waals surface area contributed by atoms with Crippen LogP contribution in [0, 0.1) is 0 Å². The molecule has 0 saturated carbocycles. The summed E-state index contributed by atoms with van der Waals surface area (Å²) in [7, 11) is 2.19. The Hall–Kier alpha value is -2.28. The van der Waals surface area contributed by atoms with Gasteiger partial charge in [0.2, 0.25) is 0 Å². The Bertz CT molecular complexity index is 1320. The molecule has 0 atom stereocenters. The number of unbranched alkanes of at least 4 members (excludes halogenated alkanes) is 36. The van der Waals surface area contributed by atoms with E-state index in [0.29, 0.717) is 78.3 Å². The SMILES string of the molecule is CCCCCCCCCCCCOC(=O)CCN(CCCN(C)CCN(CCC)CCCN(CCC(=O)OCCCCCCCCCCCC)CCC(=O)OCCCCCCCCCCCC)CCC(=O)OCCCCCCCCCCCC. The summed E-state index contributed by atoms with van der Waals surface area (Å²) in [6.07, 6.45) is 54.3. The lowest BCUT2D eigenvalue weighted by Crippen LogP contribution is -2.38. The van der Waals surface area contributed by atoms with Crippen molar-refractivity contribution in [1.82, 2.24) is 19.6 Å². The molecule has 498 valence electrons. The number of hydrogen-bond donors (Lipinski definition) is 0. The molecule has 0 radical (unpaired) electrons. The average molecular weight is 1190 g/mol. The van der Waals surface area contributed by atoms with Gasteiger partial charge in [-0.05, 0) is 84.7 Å². The van der Waals surface area contributed by atoms with Gasteiger partial charge in [-0.1, -0.05) is 266 Å². The molecule has 0 N–H and O–H groups in total. The molecular weight excluding hydrogens is 1050 g/mol. The van der Waals surface area contributed by atoms with E-state index in [1.54, 1.807) is 0 Å². The zero-order chi connectivity index (χ0) is 61.3. The molecule has 0 aliphatic rings. The molecule has 0 fully saturated rings. The minimum Gasteiger partial charge on any atom is -0.466 e. The molecule has 0 amide bonds. The molecule has 84 heavy (non-hydrogen) atoms. The fourth-order valence-electron chi connectivity index (χ4n) is 11.2. The van der Waals surface area contributed by atoms with Crippen molar-refractivity contribution < 1.29 is 38.1 Å². The number of carbonyl (C=O) groups is 4. The zero-order valence-electron chi connectivity index (χ0n) is 56.9. The fourth-order valence-corrected chi connectivity index (χ4v) is 11.2. The van der Waals surface area contributed by atoms with Crippen molar-refractivity contribution in [1.29, 1.82) is 0 Å². The minimum atomic E-state index is -0.148. The van der Waals surface area contributed by atoms with E-state index in [2.05, 4.69) is 61.3 Å². The Labute approximate surface area is 521 Å². The number of rotatable bonds is 69. The van der Waals surface area contributed by atoms with Gasteiger partial charge >= 0.3 is 23.9 Å². The van der Waals surface area contributed by atoms with Crippen molar-refractivity contribution in [3.05, 3.63) is 0 Å². The minimum absolute atomic E-state index is 0.145. The highest BCUT2D eigenvalue weighted by Gasteiger charge is 2.16. The summed E-state index contributed by atoms with van der Waals surface area (Å²) in [6, 6.07) is 0. The maximum Gasteiger partial charge on any atom is 0.307 e. The van der Waals surface area contributed by atoms with Crippen LogP contribution in [0.3, 0.4) is 0 Å². The summed E-state index contributed by atoms with van der Waals surface area (Å²) in [5.74, 6) is -0.587. The summed E-state index contributed by atoms with van der Waals surface area (Å²) < 4.78 is 22.7. The van der Waals surface area contributed by atoms with Crippen LogP contribution in [0.1, 0.15) is 336 Å². The van der Waals surface area contributed by atoms with Gasteiger partial charge in [0.05, 0.1) is 52.1 Å². The number of ether oxygens (including phenoxy) is 4. The van der Waals surface area contributed by atoms with Crippen LogP contribution in [-0.2, 0) is 38.1 Å². The summed E-state index contributed by atoms with van der Waals surface area (Å²) in [6.45, 7) is 22.0. The second kappa shape index (κ2) is 66.7. The first-order valence-electron chi connectivity index (χ1n) is 36.7. The topological polar surface area (TPSA) is 118 Å². The van der Waals surface area contributed by atoms with E-state index in [1.165, 1.54) is 205 Å². The number of likely N-dealkylation sites (N-methyl/N-ethyl adjacent to an activating group) is 1. The van der Waals surface area contributed by atoms with Crippen molar-refractivity contribution in [2.45, 2.75) is 336 Å². The molecule has 0 aromatic carbocycles. The first-order chi connectivity index (χ1) is 41.2. The van der Waals surface area contributed by atoms with Crippen LogP contribution in [0.5, 0.6) is 0 Å². The molecule has 0 saturated heterocycles. The molecule has 0 aliphatic carbocycles. The van der Waals surface area contributed by atoms with Crippen molar-refractivity contribution in [2.24, 2.45) is 0 Å². The van der Waals surface area contributed by atoms with E-state index in [9.17, 15) is 19.2 Å². The first-order valence-corrected chi connectivity index (χ1v) is 36.7. The quantitative estimate of drug-likeness (QED) is 0.0328. The average Bonchev–Trinajstić information content (AvgIpc) is 3.51. The highest BCUT2D eigenvalue weighted by atomic mass is 16.5. The van der Waals surface area contributed by atoms with Crippen LogP contribution >= 0.6 is 0 Å². The smallest absolute Gasteiger partial charge is 0.307 e. The monoisotopic (exact) mass is 1190 g/mol. The van der Waals surface area contributed by atoms with Crippen LogP contribution in [0.25, 0.3) is 0 Å². The molecule has 0 unspecified atom stereocenters. The largest absolute Gasteiger partial charge is 0.466 e. The van der Waals surface area contributed by atoms with Crippen LogP contribution in [0.2, 0.25) is 0 Å². The van der Waals surface area contributed by atoms with Gasteiger partial charge in [0.25, 0.3) is 0 Å². The lowest BCUT2D eigenvalue weighted by atomic mass is 10.1. The molecular formula is C72H142N4O8. The third kappa shape index (κ3) is 61.4. The van der Waals surface area contributed by atoms with Crippen molar-refractivity contribution >= 4 is 23.9 Å². The molecule has 0 aromatic heterocycles. The van der Waals surface area contributed by atoms with Crippen LogP contribution in [0.15, 0.2) is 0 Å². The van der Waals surface area contributed by atoms with Gasteiger partial charge in [-0.3, -0.25) is 19.2 Å². The van der Waals surface area contributed by atoms with Gasteiger partial charge < -0.3 is 38.5 Å². The van der Waals surface area contributed by atoms with Crippen molar-refractivity contribution in [3.8, 4) is 0 Å². The molecule has 12 heteroatoms. The van der Waals surface area contributed by atoms with Crippen LogP contribution in [0.4, 0.5) is 0 Å². The highest BCUT2D eigenvalue weighted by molar-refractivity contribution is 5.71. The lowest BCUT2D eigenvalue weighted by molar-refractivity contribution is -0.146. The van der Waals surface area contributed by atoms with E-state index in [4.69, 9.17) is 18.9 Å². The fraction of sp³-hybridized carbons (Fsp3) is 0.944. The third-order valence-corrected chi connectivity index (χ3v) is 16.9. The summed E-state index contributed by atoms with van der Waals surface area (Å²) >= 11 is 0. The summed E-state index contributed by atoms with van der Waals surface area (Å²) in [5, 5.41) is 0. The second-order valence-electron chi connectivity index (χ2n) is 25.1. The Balaban J connectivity index is 5.16. The van der Waals surface area contributed by atoms with Gasteiger partial charge in [0.1, 0.15) is 0 Å². The summed E-state index contributed by atoms with van der Waals surface area (Å²) in [5.41, 5.74) is 0. The second-order valence-corrected chi connectivity index (χ2v) is 25.1.